The molecule has 6 nitrogen and oxygen atoms in total. The Morgan fingerprint density at radius 2 is 2.08 bits per heavy atom. The maximum atomic E-state index is 13.1. The van der Waals surface area contributed by atoms with E-state index in [2.05, 4.69) is 5.10 Å². The van der Waals surface area contributed by atoms with Gasteiger partial charge in [0.15, 0.2) is 5.69 Å². The van der Waals surface area contributed by atoms with Crippen molar-refractivity contribution in [2.24, 2.45) is 0 Å². The fourth-order valence-corrected chi connectivity index (χ4v) is 3.26. The first-order valence-electron chi connectivity index (χ1n) is 8.47. The molecule has 1 aliphatic heterocycles. The van der Waals surface area contributed by atoms with Crippen molar-refractivity contribution in [2.45, 2.75) is 32.5 Å². The van der Waals surface area contributed by atoms with Gasteiger partial charge in [-0.3, -0.25) is 4.79 Å². The summed E-state index contributed by atoms with van der Waals surface area (Å²) < 4.78 is 13.0. The standard InChI is InChI=1S/C19H25N3O3/c1-14-10-22(15-8-6-5-7-9-15)20-17(14)18(23)21-11-16(12-24-4)25-19(2,3)13-21/h5-10,16H,11-13H2,1-4H3/t16-/m0/s1. The highest BCUT2D eigenvalue weighted by Crippen LogP contribution is 2.23. The second-order valence-electron chi connectivity index (χ2n) is 7.08. The van der Waals surface area contributed by atoms with E-state index >= 15 is 0 Å². The molecule has 0 unspecified atom stereocenters. The molecule has 2 heterocycles. The van der Waals surface area contributed by atoms with E-state index < -0.39 is 5.60 Å². The average Bonchev–Trinajstić information content (AvgIpc) is 2.95. The number of carbonyl (C=O) groups is 1. The van der Waals surface area contributed by atoms with Crippen LogP contribution < -0.4 is 0 Å². The topological polar surface area (TPSA) is 56.6 Å². The minimum Gasteiger partial charge on any atom is -0.382 e. The molecule has 0 saturated carbocycles. The Balaban J connectivity index is 1.84. The lowest BCUT2D eigenvalue weighted by molar-refractivity contribution is -0.143. The minimum atomic E-state index is -0.410. The van der Waals surface area contributed by atoms with E-state index in [-0.39, 0.29) is 12.0 Å². The van der Waals surface area contributed by atoms with Crippen LogP contribution in [0.25, 0.3) is 5.69 Å². The summed E-state index contributed by atoms with van der Waals surface area (Å²) in [5.74, 6) is -0.0651. The minimum absolute atomic E-state index is 0.0651. The summed E-state index contributed by atoms with van der Waals surface area (Å²) in [6.07, 6.45) is 1.76. The SMILES string of the molecule is COC[C@@H]1CN(C(=O)c2nn(-c3ccccc3)cc2C)CC(C)(C)O1. The van der Waals surface area contributed by atoms with Crippen LogP contribution in [0.3, 0.4) is 0 Å². The van der Waals surface area contributed by atoms with Crippen molar-refractivity contribution < 1.29 is 14.3 Å². The molecule has 1 amide bonds. The van der Waals surface area contributed by atoms with Crippen LogP contribution in [-0.2, 0) is 9.47 Å². The Hall–Kier alpha value is -2.18. The number of methoxy groups -OCH3 is 1. The summed E-state index contributed by atoms with van der Waals surface area (Å²) in [4.78, 5) is 14.9. The summed E-state index contributed by atoms with van der Waals surface area (Å²) in [5, 5.41) is 4.53. The number of para-hydroxylation sites is 1. The fraction of sp³-hybridized carbons (Fsp3) is 0.474. The predicted molar refractivity (Wildman–Crippen MR) is 95.0 cm³/mol. The average molecular weight is 343 g/mol. The summed E-state index contributed by atoms with van der Waals surface area (Å²) in [7, 11) is 1.64. The van der Waals surface area contributed by atoms with E-state index in [1.165, 1.54) is 0 Å². The Kier molecular flexibility index (Phi) is 4.92. The molecule has 0 radical (unpaired) electrons. The largest absolute Gasteiger partial charge is 0.382 e. The third-order valence-corrected chi connectivity index (χ3v) is 4.24. The van der Waals surface area contributed by atoms with Crippen molar-refractivity contribution in [3.05, 3.63) is 47.8 Å². The molecule has 1 aliphatic rings. The van der Waals surface area contributed by atoms with Crippen molar-refractivity contribution in [1.29, 1.82) is 0 Å². The smallest absolute Gasteiger partial charge is 0.274 e. The van der Waals surface area contributed by atoms with Gasteiger partial charge >= 0.3 is 0 Å². The number of rotatable bonds is 4. The number of morpholine rings is 1. The van der Waals surface area contributed by atoms with Crippen molar-refractivity contribution in [3.8, 4) is 5.69 Å². The van der Waals surface area contributed by atoms with Gasteiger partial charge < -0.3 is 14.4 Å². The highest BCUT2D eigenvalue weighted by atomic mass is 16.5. The van der Waals surface area contributed by atoms with E-state index in [1.54, 1.807) is 11.8 Å². The van der Waals surface area contributed by atoms with Crippen molar-refractivity contribution >= 4 is 5.91 Å². The summed E-state index contributed by atoms with van der Waals surface area (Å²) in [6.45, 7) is 7.40. The Bertz CT molecular complexity index is 740. The van der Waals surface area contributed by atoms with Crippen LogP contribution in [0.1, 0.15) is 29.9 Å². The third kappa shape index (κ3) is 3.91. The highest BCUT2D eigenvalue weighted by Gasteiger charge is 2.37. The van der Waals surface area contributed by atoms with E-state index in [1.807, 2.05) is 62.2 Å². The number of carbonyl (C=O) groups excluding carboxylic acids is 1. The second-order valence-corrected chi connectivity index (χ2v) is 7.08. The lowest BCUT2D eigenvalue weighted by Gasteiger charge is -2.42. The van der Waals surface area contributed by atoms with Gasteiger partial charge in [-0.2, -0.15) is 5.10 Å². The molecule has 1 aromatic carbocycles. The molecular formula is C19H25N3O3. The number of hydrogen-bond acceptors (Lipinski definition) is 4. The number of nitrogens with zero attached hydrogens (tertiary/aromatic N) is 3. The normalized spacial score (nSPS) is 19.8. The molecule has 1 aromatic heterocycles. The van der Waals surface area contributed by atoms with Crippen molar-refractivity contribution in [3.63, 3.8) is 0 Å². The van der Waals surface area contributed by atoms with E-state index in [9.17, 15) is 4.79 Å². The zero-order chi connectivity index (χ0) is 18.0. The number of amides is 1. The highest BCUT2D eigenvalue weighted by molar-refractivity contribution is 5.93. The van der Waals surface area contributed by atoms with Crippen LogP contribution in [0.15, 0.2) is 36.5 Å². The number of aromatic nitrogens is 2. The lowest BCUT2D eigenvalue weighted by atomic mass is 10.0. The van der Waals surface area contributed by atoms with Gasteiger partial charge in [-0.05, 0) is 32.9 Å². The van der Waals surface area contributed by atoms with Gasteiger partial charge in [-0.1, -0.05) is 18.2 Å². The molecule has 1 saturated heterocycles. The Morgan fingerprint density at radius 1 is 1.36 bits per heavy atom. The van der Waals surface area contributed by atoms with Gasteiger partial charge in [0.1, 0.15) is 0 Å². The maximum Gasteiger partial charge on any atom is 0.274 e. The van der Waals surface area contributed by atoms with Crippen molar-refractivity contribution in [2.75, 3.05) is 26.8 Å². The number of aryl methyl sites for hydroxylation is 1. The lowest BCUT2D eigenvalue weighted by Crippen LogP contribution is -2.55. The second kappa shape index (κ2) is 6.98. The van der Waals surface area contributed by atoms with Gasteiger partial charge in [0.25, 0.3) is 5.91 Å². The number of hydrogen-bond donors (Lipinski definition) is 0. The molecule has 0 N–H and O–H groups in total. The summed E-state index contributed by atoms with van der Waals surface area (Å²) >= 11 is 0. The summed E-state index contributed by atoms with van der Waals surface area (Å²) in [5.41, 5.74) is 1.87. The molecule has 2 aromatic rings. The van der Waals surface area contributed by atoms with Crippen LogP contribution >= 0.6 is 0 Å². The molecule has 134 valence electrons. The van der Waals surface area contributed by atoms with Gasteiger partial charge in [0.2, 0.25) is 0 Å². The molecule has 0 aliphatic carbocycles. The van der Waals surface area contributed by atoms with Crippen LogP contribution in [0.2, 0.25) is 0 Å². The van der Waals surface area contributed by atoms with Crippen LogP contribution in [-0.4, -0.2) is 59.1 Å². The summed E-state index contributed by atoms with van der Waals surface area (Å²) in [6, 6.07) is 9.79. The van der Waals surface area contributed by atoms with E-state index in [0.29, 0.717) is 25.4 Å². The Labute approximate surface area is 148 Å². The molecule has 25 heavy (non-hydrogen) atoms. The van der Waals surface area contributed by atoms with E-state index in [4.69, 9.17) is 9.47 Å². The van der Waals surface area contributed by atoms with Crippen LogP contribution in [0.5, 0.6) is 0 Å². The number of ether oxygens (including phenoxy) is 2. The van der Waals surface area contributed by atoms with Gasteiger partial charge in [-0.15, -0.1) is 0 Å². The monoisotopic (exact) mass is 343 g/mol. The first-order chi connectivity index (χ1) is 11.9. The quantitative estimate of drug-likeness (QED) is 0.856. The predicted octanol–water partition coefficient (Wildman–Crippen LogP) is 2.45. The van der Waals surface area contributed by atoms with E-state index in [0.717, 1.165) is 11.3 Å². The van der Waals surface area contributed by atoms with Gasteiger partial charge in [-0.25, -0.2) is 4.68 Å². The molecule has 0 spiro atoms. The first kappa shape index (κ1) is 17.6. The number of benzene rings is 1. The molecule has 6 heteroatoms. The Morgan fingerprint density at radius 3 is 2.76 bits per heavy atom. The van der Waals surface area contributed by atoms with Gasteiger partial charge in [0.05, 0.1) is 24.0 Å². The van der Waals surface area contributed by atoms with Gasteiger partial charge in [0, 0.05) is 32.0 Å². The molecule has 3 rings (SSSR count). The zero-order valence-electron chi connectivity index (χ0n) is 15.2. The molecule has 1 atom stereocenters. The molecule has 1 fully saturated rings. The van der Waals surface area contributed by atoms with Crippen molar-refractivity contribution in [1.82, 2.24) is 14.7 Å². The zero-order valence-corrected chi connectivity index (χ0v) is 15.2. The molecular weight excluding hydrogens is 318 g/mol. The molecule has 0 bridgehead atoms. The fourth-order valence-electron chi connectivity index (χ4n) is 3.26. The van der Waals surface area contributed by atoms with Crippen LogP contribution in [0, 0.1) is 6.92 Å². The van der Waals surface area contributed by atoms with Crippen LogP contribution in [0.4, 0.5) is 0 Å². The third-order valence-electron chi connectivity index (χ3n) is 4.24. The first-order valence-corrected chi connectivity index (χ1v) is 8.47. The maximum absolute atomic E-state index is 13.1.